The van der Waals surface area contributed by atoms with E-state index in [0.29, 0.717) is 38.4 Å². The summed E-state index contributed by atoms with van der Waals surface area (Å²) in [6, 6.07) is 18.7. The number of aromatic nitrogens is 2. The van der Waals surface area contributed by atoms with Crippen LogP contribution in [-0.2, 0) is 0 Å². The highest BCUT2D eigenvalue weighted by Crippen LogP contribution is 2.34. The average molecular weight is 486 g/mol. The summed E-state index contributed by atoms with van der Waals surface area (Å²) in [5, 5.41) is 21.3. The van der Waals surface area contributed by atoms with Gasteiger partial charge in [0.1, 0.15) is 17.0 Å². The van der Waals surface area contributed by atoms with Gasteiger partial charge in [0, 0.05) is 21.5 Å². The van der Waals surface area contributed by atoms with Crippen LogP contribution >= 0.6 is 11.6 Å². The monoisotopic (exact) mass is 485 g/mol. The van der Waals surface area contributed by atoms with E-state index in [2.05, 4.69) is 15.5 Å². The number of furan rings is 1. The molecule has 8 heteroatoms. The maximum atomic E-state index is 13.2. The number of rotatable bonds is 5. The number of phenolic OH excluding ortho intramolecular Hbond substituents is 1. The Bertz CT molecular complexity index is 1600. The fourth-order valence-corrected chi connectivity index (χ4v) is 4.10. The molecule has 0 unspecified atom stereocenters. The maximum Gasteiger partial charge on any atom is 0.273 e. The van der Waals surface area contributed by atoms with Crippen LogP contribution in [0.2, 0.25) is 5.02 Å². The van der Waals surface area contributed by atoms with Crippen LogP contribution in [0.15, 0.2) is 71.1 Å². The van der Waals surface area contributed by atoms with Gasteiger partial charge in [-0.1, -0.05) is 29.8 Å². The molecule has 0 spiro atoms. The van der Waals surface area contributed by atoms with E-state index in [1.807, 2.05) is 13.0 Å². The Kier molecular flexibility index (Phi) is 5.62. The Morgan fingerprint density at radius 2 is 1.77 bits per heavy atom. The van der Waals surface area contributed by atoms with Gasteiger partial charge in [-0.25, -0.2) is 0 Å². The number of hydrogen-bond donors (Lipinski definition) is 3. The molecule has 0 saturated heterocycles. The maximum absolute atomic E-state index is 13.2. The van der Waals surface area contributed by atoms with Crippen LogP contribution in [0.3, 0.4) is 0 Å². The summed E-state index contributed by atoms with van der Waals surface area (Å²) >= 11 is 5.95. The SMILES string of the molecule is Cc1cc(C)c(O)c(-c2cc(C(=O)Nc3c(C(=O)c4ccc(Cl)cc4)oc4ccccc34)[nH]n2)c1. The number of halogens is 1. The molecule has 3 N–H and O–H groups in total. The molecular weight excluding hydrogens is 466 g/mol. The second-order valence-corrected chi connectivity index (χ2v) is 8.67. The van der Waals surface area contributed by atoms with Crippen molar-refractivity contribution in [1.29, 1.82) is 0 Å². The number of aryl methyl sites for hydroxylation is 2. The molecule has 0 atom stereocenters. The number of nitrogens with zero attached hydrogens (tertiary/aromatic N) is 1. The second kappa shape index (κ2) is 8.77. The molecule has 7 nitrogen and oxygen atoms in total. The molecule has 174 valence electrons. The minimum Gasteiger partial charge on any atom is -0.507 e. The van der Waals surface area contributed by atoms with E-state index in [4.69, 9.17) is 16.0 Å². The van der Waals surface area contributed by atoms with E-state index in [-0.39, 0.29) is 22.9 Å². The summed E-state index contributed by atoms with van der Waals surface area (Å²) in [4.78, 5) is 26.4. The lowest BCUT2D eigenvalue weighted by atomic mass is 10.0. The van der Waals surface area contributed by atoms with Crippen LogP contribution < -0.4 is 5.32 Å². The fraction of sp³-hybridized carbons (Fsp3) is 0.0741. The van der Waals surface area contributed by atoms with Gasteiger partial charge in [0.15, 0.2) is 5.76 Å². The number of carbonyl (C=O) groups is 2. The summed E-state index contributed by atoms with van der Waals surface area (Å²) in [6.07, 6.45) is 0. The summed E-state index contributed by atoms with van der Waals surface area (Å²) < 4.78 is 5.84. The number of amides is 1. The predicted molar refractivity (Wildman–Crippen MR) is 134 cm³/mol. The second-order valence-electron chi connectivity index (χ2n) is 8.24. The van der Waals surface area contributed by atoms with Crippen molar-refractivity contribution in [1.82, 2.24) is 10.2 Å². The van der Waals surface area contributed by atoms with Gasteiger partial charge in [0.05, 0.1) is 11.4 Å². The summed E-state index contributed by atoms with van der Waals surface area (Å²) in [5.41, 5.74) is 3.87. The smallest absolute Gasteiger partial charge is 0.273 e. The molecule has 5 aromatic rings. The van der Waals surface area contributed by atoms with E-state index >= 15 is 0 Å². The van der Waals surface area contributed by atoms with Crippen LogP contribution in [0, 0.1) is 13.8 Å². The number of para-hydroxylation sites is 1. The van der Waals surface area contributed by atoms with Crippen molar-refractivity contribution in [3.8, 4) is 17.0 Å². The number of anilines is 1. The van der Waals surface area contributed by atoms with Crippen molar-refractivity contribution in [2.75, 3.05) is 5.32 Å². The van der Waals surface area contributed by atoms with Gasteiger partial charge in [-0.15, -0.1) is 0 Å². The Morgan fingerprint density at radius 1 is 1.03 bits per heavy atom. The van der Waals surface area contributed by atoms with Crippen molar-refractivity contribution in [2.24, 2.45) is 0 Å². The van der Waals surface area contributed by atoms with E-state index in [1.54, 1.807) is 67.6 Å². The van der Waals surface area contributed by atoms with Crippen LogP contribution in [0.5, 0.6) is 5.75 Å². The van der Waals surface area contributed by atoms with Crippen LogP contribution in [0.1, 0.15) is 37.7 Å². The molecule has 1 amide bonds. The minimum atomic E-state index is -0.510. The topological polar surface area (TPSA) is 108 Å². The Labute approximate surface area is 205 Å². The summed E-state index contributed by atoms with van der Waals surface area (Å²) in [5.74, 6) is -0.790. The first-order chi connectivity index (χ1) is 16.8. The molecular formula is C27H20ClN3O4. The van der Waals surface area contributed by atoms with Crippen molar-refractivity contribution >= 4 is 39.9 Å². The first kappa shape index (κ1) is 22.4. The molecule has 0 aliphatic heterocycles. The molecule has 3 aromatic carbocycles. The lowest BCUT2D eigenvalue weighted by Gasteiger charge is -2.06. The normalized spacial score (nSPS) is 11.1. The zero-order valence-electron chi connectivity index (χ0n) is 18.8. The zero-order valence-corrected chi connectivity index (χ0v) is 19.6. The van der Waals surface area contributed by atoms with Crippen molar-refractivity contribution < 1.29 is 19.1 Å². The fourth-order valence-electron chi connectivity index (χ4n) is 3.97. The first-order valence-corrected chi connectivity index (χ1v) is 11.2. The number of aromatic hydroxyl groups is 1. The molecule has 5 rings (SSSR count). The van der Waals surface area contributed by atoms with Gasteiger partial charge in [-0.05, 0) is 73.5 Å². The third kappa shape index (κ3) is 4.18. The van der Waals surface area contributed by atoms with Gasteiger partial charge >= 0.3 is 0 Å². The molecule has 0 radical (unpaired) electrons. The number of hydrogen-bond acceptors (Lipinski definition) is 5. The van der Waals surface area contributed by atoms with Crippen LogP contribution in [-0.4, -0.2) is 27.0 Å². The van der Waals surface area contributed by atoms with E-state index in [1.165, 1.54) is 0 Å². The minimum absolute atomic E-state index is 0.00793. The number of H-pyrrole nitrogens is 1. The van der Waals surface area contributed by atoms with Crippen LogP contribution in [0.4, 0.5) is 5.69 Å². The largest absolute Gasteiger partial charge is 0.507 e. The average Bonchev–Trinajstić information content (AvgIpc) is 3.47. The van der Waals surface area contributed by atoms with E-state index in [0.717, 1.165) is 5.56 Å². The molecule has 2 aromatic heterocycles. The van der Waals surface area contributed by atoms with Gasteiger partial charge in [0.25, 0.3) is 5.91 Å². The number of phenols is 1. The highest BCUT2D eigenvalue weighted by atomic mass is 35.5. The van der Waals surface area contributed by atoms with Gasteiger partial charge < -0.3 is 14.8 Å². The van der Waals surface area contributed by atoms with E-state index < -0.39 is 11.7 Å². The van der Waals surface area contributed by atoms with Crippen LogP contribution in [0.25, 0.3) is 22.2 Å². The highest BCUT2D eigenvalue weighted by Gasteiger charge is 2.24. The number of nitrogens with one attached hydrogen (secondary N) is 2. The quantitative estimate of drug-likeness (QED) is 0.254. The third-order valence-electron chi connectivity index (χ3n) is 5.69. The molecule has 0 aliphatic carbocycles. The Balaban J connectivity index is 1.51. The molecule has 35 heavy (non-hydrogen) atoms. The molecule has 0 saturated carbocycles. The number of carbonyl (C=O) groups excluding carboxylic acids is 2. The first-order valence-electron chi connectivity index (χ1n) is 10.8. The number of ketones is 1. The summed E-state index contributed by atoms with van der Waals surface area (Å²) in [7, 11) is 0. The molecule has 0 aliphatic rings. The van der Waals surface area contributed by atoms with Crippen molar-refractivity contribution in [3.05, 3.63) is 99.9 Å². The number of aromatic amines is 1. The zero-order chi connectivity index (χ0) is 24.7. The highest BCUT2D eigenvalue weighted by molar-refractivity contribution is 6.30. The molecule has 2 heterocycles. The predicted octanol–water partition coefficient (Wildman–Crippen LogP) is 6.28. The third-order valence-corrected chi connectivity index (χ3v) is 5.94. The van der Waals surface area contributed by atoms with Gasteiger partial charge in [0.2, 0.25) is 5.78 Å². The lowest BCUT2D eigenvalue weighted by molar-refractivity contribution is 0.101. The van der Waals surface area contributed by atoms with Crippen molar-refractivity contribution in [2.45, 2.75) is 13.8 Å². The number of benzene rings is 3. The number of fused-ring (bicyclic) bond motifs is 1. The van der Waals surface area contributed by atoms with Gasteiger partial charge in [-0.2, -0.15) is 5.10 Å². The standard InChI is InChI=1S/C27H20ClN3O4/c1-14-11-15(2)24(32)19(12-14)20-13-21(31-30-20)27(34)29-23-18-5-3-4-6-22(18)35-26(23)25(33)16-7-9-17(28)10-8-16/h3-13,32H,1-2H3,(H,29,34)(H,30,31). The lowest BCUT2D eigenvalue weighted by Crippen LogP contribution is -2.14. The van der Waals surface area contributed by atoms with E-state index in [9.17, 15) is 14.7 Å². The molecule has 0 bridgehead atoms. The van der Waals surface area contributed by atoms with Gasteiger partial charge in [-0.3, -0.25) is 14.7 Å². The molecule has 0 fully saturated rings. The Hall–Kier alpha value is -4.36. The van der Waals surface area contributed by atoms with Crippen molar-refractivity contribution in [3.63, 3.8) is 0 Å². The Morgan fingerprint density at radius 3 is 2.54 bits per heavy atom. The summed E-state index contributed by atoms with van der Waals surface area (Å²) in [6.45, 7) is 3.72.